The van der Waals surface area contributed by atoms with Gasteiger partial charge in [0.1, 0.15) is 11.0 Å². The molecule has 0 spiro atoms. The average molecular weight is 502 g/mol. The Morgan fingerprint density at radius 1 is 1.23 bits per heavy atom. The van der Waals surface area contributed by atoms with Gasteiger partial charge in [-0.1, -0.05) is 35.0 Å². The fourth-order valence-electron chi connectivity index (χ4n) is 4.81. The van der Waals surface area contributed by atoms with Gasteiger partial charge in [-0.2, -0.15) is 18.2 Å². The summed E-state index contributed by atoms with van der Waals surface area (Å²) in [5.74, 6) is 0.825. The van der Waals surface area contributed by atoms with Gasteiger partial charge in [0.25, 0.3) is 0 Å². The zero-order valence-corrected chi connectivity index (χ0v) is 19.9. The van der Waals surface area contributed by atoms with Crippen molar-refractivity contribution in [1.82, 2.24) is 19.1 Å². The molecule has 0 saturated heterocycles. The Balaban J connectivity index is 1.57. The summed E-state index contributed by atoms with van der Waals surface area (Å²) in [4.78, 5) is 14.0. The number of benzene rings is 1. The Bertz CT molecular complexity index is 1420. The number of rotatable bonds is 5. The lowest BCUT2D eigenvalue weighted by molar-refractivity contribution is -0.127. The second-order valence-corrected chi connectivity index (χ2v) is 9.14. The number of alkyl halides is 3. The van der Waals surface area contributed by atoms with Crippen molar-refractivity contribution in [3.63, 3.8) is 0 Å². The van der Waals surface area contributed by atoms with Crippen LogP contribution in [0.1, 0.15) is 29.1 Å². The van der Waals surface area contributed by atoms with Crippen LogP contribution in [0.5, 0.6) is 5.88 Å². The average Bonchev–Trinajstić information content (AvgIpc) is 3.32. The van der Waals surface area contributed by atoms with Crippen molar-refractivity contribution in [1.29, 1.82) is 0 Å². The van der Waals surface area contributed by atoms with Crippen LogP contribution in [0.2, 0.25) is 5.15 Å². The second-order valence-electron chi connectivity index (χ2n) is 8.76. The van der Waals surface area contributed by atoms with Crippen LogP contribution in [-0.4, -0.2) is 31.0 Å². The molecule has 4 aromatic rings. The summed E-state index contributed by atoms with van der Waals surface area (Å²) in [6.45, 7) is 2.59. The number of pyridine rings is 1. The molecule has 6 nitrogen and oxygen atoms in total. The Morgan fingerprint density at radius 3 is 2.77 bits per heavy atom. The normalized spacial score (nSPS) is 17.2. The maximum absolute atomic E-state index is 12.9. The van der Waals surface area contributed by atoms with Crippen LogP contribution in [0, 0.1) is 12.8 Å². The minimum absolute atomic E-state index is 0.00929. The third-order valence-corrected chi connectivity index (χ3v) is 6.61. The van der Waals surface area contributed by atoms with Crippen LogP contribution < -0.4 is 4.84 Å². The van der Waals surface area contributed by atoms with Crippen molar-refractivity contribution in [3.8, 4) is 5.88 Å². The third kappa shape index (κ3) is 4.77. The lowest BCUT2D eigenvalue weighted by Gasteiger charge is -2.26. The molecule has 0 saturated carbocycles. The molecule has 0 aliphatic heterocycles. The SMILES string of the molecule is Cc1nccn1CC1CCc2c(c3ccccc3n2C)/C1=N/Oc1cc(CC(F)(F)F)cc(Cl)n1. The van der Waals surface area contributed by atoms with Gasteiger partial charge in [-0.3, -0.25) is 0 Å². The van der Waals surface area contributed by atoms with Gasteiger partial charge in [0, 0.05) is 60.1 Å². The van der Waals surface area contributed by atoms with Crippen molar-refractivity contribution in [2.75, 3.05) is 0 Å². The Morgan fingerprint density at radius 2 is 2.03 bits per heavy atom. The molecule has 35 heavy (non-hydrogen) atoms. The van der Waals surface area contributed by atoms with Crippen LogP contribution in [0.25, 0.3) is 10.9 Å². The molecule has 1 aliphatic rings. The van der Waals surface area contributed by atoms with Gasteiger partial charge < -0.3 is 14.0 Å². The summed E-state index contributed by atoms with van der Waals surface area (Å²) in [5.41, 5.74) is 3.92. The molecule has 3 aromatic heterocycles. The first-order chi connectivity index (χ1) is 16.7. The molecule has 0 bridgehead atoms. The van der Waals surface area contributed by atoms with Crippen LogP contribution in [-0.2, 0) is 26.4 Å². The molecular weight excluding hydrogens is 479 g/mol. The quantitative estimate of drug-likeness (QED) is 0.253. The summed E-state index contributed by atoms with van der Waals surface area (Å²) in [6.07, 6.45) is -0.120. The molecule has 0 N–H and O–H groups in total. The number of halogens is 4. The van der Waals surface area contributed by atoms with E-state index in [1.54, 1.807) is 6.20 Å². The molecule has 1 atom stereocenters. The van der Waals surface area contributed by atoms with E-state index in [1.807, 2.05) is 38.4 Å². The highest BCUT2D eigenvalue weighted by Gasteiger charge is 2.32. The Hall–Kier alpha value is -3.33. The molecule has 0 fully saturated rings. The molecule has 1 unspecified atom stereocenters. The number of oxime groups is 1. The predicted octanol–water partition coefficient (Wildman–Crippen LogP) is 5.88. The monoisotopic (exact) mass is 501 g/mol. The van der Waals surface area contributed by atoms with E-state index in [2.05, 4.69) is 30.3 Å². The number of nitrogens with zero attached hydrogens (tertiary/aromatic N) is 5. The summed E-state index contributed by atoms with van der Waals surface area (Å²) >= 11 is 5.98. The van der Waals surface area contributed by atoms with Crippen LogP contribution in [0.4, 0.5) is 13.2 Å². The summed E-state index contributed by atoms with van der Waals surface area (Å²) in [6, 6.07) is 10.5. The van der Waals surface area contributed by atoms with E-state index in [4.69, 9.17) is 16.4 Å². The van der Waals surface area contributed by atoms with Gasteiger partial charge in [-0.15, -0.1) is 0 Å². The molecule has 10 heteroatoms. The highest BCUT2D eigenvalue weighted by atomic mass is 35.5. The standard InChI is InChI=1S/C25H23ClF3N5O/c1-15-30-9-10-34(15)14-17-7-8-20-23(18-5-3-4-6-19(18)33(20)2)24(17)32-35-22-12-16(11-21(26)31-22)13-25(27,28)29/h3-6,9-12,17H,7-8,13-14H2,1-2H3/b32-24+. The number of para-hydroxylation sites is 1. The lowest BCUT2D eigenvalue weighted by atomic mass is 9.84. The van der Waals surface area contributed by atoms with E-state index >= 15 is 0 Å². The van der Waals surface area contributed by atoms with E-state index in [-0.39, 0.29) is 22.5 Å². The minimum Gasteiger partial charge on any atom is -0.347 e. The first-order valence-electron chi connectivity index (χ1n) is 11.2. The van der Waals surface area contributed by atoms with Crippen LogP contribution in [0.15, 0.2) is 53.9 Å². The number of hydrogen-bond acceptors (Lipinski definition) is 4. The van der Waals surface area contributed by atoms with Gasteiger partial charge in [-0.05, 0) is 37.5 Å². The first kappa shape index (κ1) is 23.4. The number of aromatic nitrogens is 4. The molecule has 5 rings (SSSR count). The van der Waals surface area contributed by atoms with Gasteiger partial charge in [0.2, 0.25) is 5.88 Å². The van der Waals surface area contributed by atoms with E-state index < -0.39 is 12.6 Å². The number of imidazole rings is 1. The second kappa shape index (κ2) is 9.03. The van der Waals surface area contributed by atoms with Crippen molar-refractivity contribution < 1.29 is 18.0 Å². The smallest absolute Gasteiger partial charge is 0.347 e. The molecule has 1 aromatic carbocycles. The lowest BCUT2D eigenvalue weighted by Crippen LogP contribution is -2.28. The number of fused-ring (bicyclic) bond motifs is 3. The number of hydrogen-bond donors (Lipinski definition) is 0. The van der Waals surface area contributed by atoms with E-state index in [0.29, 0.717) is 6.54 Å². The largest absolute Gasteiger partial charge is 0.393 e. The van der Waals surface area contributed by atoms with E-state index in [0.717, 1.165) is 46.5 Å². The molecule has 1 aliphatic carbocycles. The van der Waals surface area contributed by atoms with Crippen molar-refractivity contribution in [2.24, 2.45) is 18.1 Å². The van der Waals surface area contributed by atoms with Gasteiger partial charge in [-0.25, -0.2) is 4.98 Å². The molecule has 182 valence electrons. The van der Waals surface area contributed by atoms with Crippen molar-refractivity contribution in [3.05, 3.63) is 76.6 Å². The zero-order valence-electron chi connectivity index (χ0n) is 19.2. The summed E-state index contributed by atoms with van der Waals surface area (Å²) in [7, 11) is 2.03. The highest BCUT2D eigenvalue weighted by molar-refractivity contribution is 6.29. The first-order valence-corrected chi connectivity index (χ1v) is 11.6. The topological polar surface area (TPSA) is 57.2 Å². The molecule has 3 heterocycles. The third-order valence-electron chi connectivity index (χ3n) is 6.41. The molecule has 0 amide bonds. The maximum Gasteiger partial charge on any atom is 0.393 e. The zero-order chi connectivity index (χ0) is 24.7. The van der Waals surface area contributed by atoms with E-state index in [9.17, 15) is 13.2 Å². The van der Waals surface area contributed by atoms with Crippen molar-refractivity contribution >= 4 is 28.2 Å². The summed E-state index contributed by atoms with van der Waals surface area (Å²) < 4.78 is 43.0. The maximum atomic E-state index is 12.9. The number of aryl methyl sites for hydroxylation is 2. The molecular formula is C25H23ClF3N5O. The summed E-state index contributed by atoms with van der Waals surface area (Å²) in [5, 5.41) is 5.47. The Labute approximate surface area is 205 Å². The van der Waals surface area contributed by atoms with Crippen LogP contribution >= 0.6 is 11.6 Å². The fourth-order valence-corrected chi connectivity index (χ4v) is 5.03. The molecule has 0 radical (unpaired) electrons. The van der Waals surface area contributed by atoms with E-state index in [1.165, 1.54) is 12.1 Å². The van der Waals surface area contributed by atoms with Crippen LogP contribution in [0.3, 0.4) is 0 Å². The minimum atomic E-state index is -4.37. The van der Waals surface area contributed by atoms with Gasteiger partial charge in [0.15, 0.2) is 0 Å². The predicted molar refractivity (Wildman–Crippen MR) is 128 cm³/mol. The van der Waals surface area contributed by atoms with Gasteiger partial charge >= 0.3 is 6.18 Å². The van der Waals surface area contributed by atoms with Crippen molar-refractivity contribution in [2.45, 2.75) is 38.9 Å². The van der Waals surface area contributed by atoms with Gasteiger partial charge in [0.05, 0.1) is 12.1 Å². The fraction of sp³-hybridized carbons (Fsp3) is 0.320. The highest BCUT2D eigenvalue weighted by Crippen LogP contribution is 2.35. The Kier molecular flexibility index (Phi) is 6.04.